The molecule has 0 spiro atoms. The Morgan fingerprint density at radius 1 is 1.60 bits per heavy atom. The smallest absolute Gasteiger partial charge is 0.273 e. The number of nitro groups is 1. The van der Waals surface area contributed by atoms with Gasteiger partial charge >= 0.3 is 0 Å². The Morgan fingerprint density at radius 2 is 2.33 bits per heavy atom. The molecule has 0 aromatic heterocycles. The van der Waals surface area contributed by atoms with Gasteiger partial charge in [-0.25, -0.2) is 0 Å². The molecule has 0 radical (unpaired) electrons. The monoisotopic (exact) mass is 230 g/mol. The first-order chi connectivity index (χ1) is 7.15. The first-order valence-corrected chi connectivity index (χ1v) is 4.74. The molecule has 0 fully saturated rings. The second-order valence-electron chi connectivity index (χ2n) is 2.82. The largest absolute Gasteiger partial charge is 0.490 e. The standard InChI is InChI=1S/C9H11ClN2O3/c1-11-4-5-15-9-6-7(12(13)14)2-3-8(9)10/h2-3,6,11H,4-5H2,1H3. The van der Waals surface area contributed by atoms with E-state index in [4.69, 9.17) is 16.3 Å². The van der Waals surface area contributed by atoms with Crippen LogP contribution in [0.3, 0.4) is 0 Å². The molecule has 0 aliphatic rings. The number of nitrogens with one attached hydrogen (secondary N) is 1. The van der Waals surface area contributed by atoms with Crippen LogP contribution in [0, 0.1) is 10.1 Å². The SMILES string of the molecule is CNCCOc1cc([N+](=O)[O-])ccc1Cl. The van der Waals surface area contributed by atoms with E-state index in [1.807, 2.05) is 0 Å². The molecule has 15 heavy (non-hydrogen) atoms. The summed E-state index contributed by atoms with van der Waals surface area (Å²) in [6, 6.07) is 4.11. The minimum absolute atomic E-state index is 0.0288. The van der Waals surface area contributed by atoms with Gasteiger partial charge in [-0.15, -0.1) is 0 Å². The lowest BCUT2D eigenvalue weighted by Gasteiger charge is -2.06. The Morgan fingerprint density at radius 3 is 2.93 bits per heavy atom. The number of benzene rings is 1. The van der Waals surface area contributed by atoms with Crippen molar-refractivity contribution in [1.29, 1.82) is 0 Å². The Hall–Kier alpha value is -1.33. The number of ether oxygens (including phenoxy) is 1. The van der Waals surface area contributed by atoms with Crippen molar-refractivity contribution in [1.82, 2.24) is 5.32 Å². The first-order valence-electron chi connectivity index (χ1n) is 4.36. The number of hydrogen-bond acceptors (Lipinski definition) is 4. The third-order valence-corrected chi connectivity index (χ3v) is 2.05. The number of hydrogen-bond donors (Lipinski definition) is 1. The molecule has 0 aliphatic heterocycles. The molecule has 1 rings (SSSR count). The third kappa shape index (κ3) is 3.38. The minimum atomic E-state index is -0.485. The van der Waals surface area contributed by atoms with E-state index in [0.29, 0.717) is 23.9 Å². The van der Waals surface area contributed by atoms with Gasteiger partial charge in [-0.05, 0) is 13.1 Å². The van der Waals surface area contributed by atoms with Gasteiger partial charge in [0.15, 0.2) is 0 Å². The maximum atomic E-state index is 10.5. The van der Waals surface area contributed by atoms with E-state index >= 15 is 0 Å². The summed E-state index contributed by atoms with van der Waals surface area (Å²) in [6.07, 6.45) is 0. The van der Waals surface area contributed by atoms with Crippen LogP contribution >= 0.6 is 11.6 Å². The lowest BCUT2D eigenvalue weighted by Crippen LogP contribution is -2.16. The van der Waals surface area contributed by atoms with Crippen LogP contribution in [0.5, 0.6) is 5.75 Å². The van der Waals surface area contributed by atoms with E-state index < -0.39 is 4.92 Å². The predicted octanol–water partition coefficient (Wildman–Crippen LogP) is 1.85. The molecule has 1 N–H and O–H groups in total. The fourth-order valence-corrected chi connectivity index (χ4v) is 1.15. The van der Waals surface area contributed by atoms with Crippen molar-refractivity contribution in [2.75, 3.05) is 20.2 Å². The van der Waals surface area contributed by atoms with Gasteiger partial charge in [0.2, 0.25) is 0 Å². The van der Waals surface area contributed by atoms with E-state index in [-0.39, 0.29) is 5.69 Å². The quantitative estimate of drug-likeness (QED) is 0.476. The third-order valence-electron chi connectivity index (χ3n) is 1.74. The van der Waals surface area contributed by atoms with Gasteiger partial charge in [0.05, 0.1) is 16.0 Å². The number of nitrogens with zero attached hydrogens (tertiary/aromatic N) is 1. The van der Waals surface area contributed by atoms with Gasteiger partial charge in [-0.3, -0.25) is 10.1 Å². The summed E-state index contributed by atoms with van der Waals surface area (Å²) >= 11 is 5.81. The molecule has 0 saturated carbocycles. The minimum Gasteiger partial charge on any atom is -0.490 e. The van der Waals surface area contributed by atoms with E-state index in [1.54, 1.807) is 7.05 Å². The lowest BCUT2D eigenvalue weighted by atomic mass is 10.3. The maximum Gasteiger partial charge on any atom is 0.273 e. The van der Waals surface area contributed by atoms with Gasteiger partial charge < -0.3 is 10.1 Å². The molecule has 0 unspecified atom stereocenters. The zero-order valence-corrected chi connectivity index (χ0v) is 8.95. The Labute approximate surface area is 92.1 Å². The van der Waals surface area contributed by atoms with Crippen LogP contribution in [-0.4, -0.2) is 25.1 Å². The average molecular weight is 231 g/mol. The molecule has 0 bridgehead atoms. The molecule has 5 nitrogen and oxygen atoms in total. The molecule has 1 aromatic rings. The molecule has 1 aromatic carbocycles. The molecule has 0 atom stereocenters. The normalized spacial score (nSPS) is 10.0. The van der Waals surface area contributed by atoms with Crippen molar-refractivity contribution in [2.45, 2.75) is 0 Å². The summed E-state index contributed by atoms with van der Waals surface area (Å²) in [4.78, 5) is 10.0. The fourth-order valence-electron chi connectivity index (χ4n) is 0.979. The number of nitro benzene ring substituents is 1. The maximum absolute atomic E-state index is 10.5. The van der Waals surface area contributed by atoms with Crippen LogP contribution in [0.15, 0.2) is 18.2 Å². The van der Waals surface area contributed by atoms with E-state index in [0.717, 1.165) is 0 Å². The van der Waals surface area contributed by atoms with Crippen LogP contribution in [0.4, 0.5) is 5.69 Å². The van der Waals surface area contributed by atoms with Gasteiger partial charge in [-0.2, -0.15) is 0 Å². The van der Waals surface area contributed by atoms with Gasteiger partial charge in [0.25, 0.3) is 5.69 Å². The second-order valence-corrected chi connectivity index (χ2v) is 3.23. The summed E-state index contributed by atoms with van der Waals surface area (Å²) in [5.41, 5.74) is -0.0288. The van der Waals surface area contributed by atoms with E-state index in [2.05, 4.69) is 5.32 Å². The van der Waals surface area contributed by atoms with Gasteiger partial charge in [0.1, 0.15) is 12.4 Å². The van der Waals surface area contributed by atoms with E-state index in [9.17, 15) is 10.1 Å². The van der Waals surface area contributed by atoms with Crippen molar-refractivity contribution < 1.29 is 9.66 Å². The van der Waals surface area contributed by atoms with Crippen LogP contribution < -0.4 is 10.1 Å². The predicted molar refractivity (Wildman–Crippen MR) is 57.5 cm³/mol. The highest BCUT2D eigenvalue weighted by Gasteiger charge is 2.10. The molecule has 0 heterocycles. The molecule has 0 saturated heterocycles. The molecule has 6 heteroatoms. The number of halogens is 1. The average Bonchev–Trinajstić information content (AvgIpc) is 2.20. The number of non-ortho nitro benzene ring substituents is 1. The highest BCUT2D eigenvalue weighted by atomic mass is 35.5. The van der Waals surface area contributed by atoms with Crippen LogP contribution in [-0.2, 0) is 0 Å². The summed E-state index contributed by atoms with van der Waals surface area (Å²) in [5, 5.41) is 13.8. The zero-order chi connectivity index (χ0) is 11.3. The van der Waals surface area contributed by atoms with Crippen LogP contribution in [0.2, 0.25) is 5.02 Å². The van der Waals surface area contributed by atoms with E-state index in [1.165, 1.54) is 18.2 Å². The second kappa shape index (κ2) is 5.53. The van der Waals surface area contributed by atoms with Gasteiger partial charge in [-0.1, -0.05) is 11.6 Å². The molecule has 0 amide bonds. The van der Waals surface area contributed by atoms with Crippen LogP contribution in [0.25, 0.3) is 0 Å². The lowest BCUT2D eigenvalue weighted by molar-refractivity contribution is -0.384. The summed E-state index contributed by atoms with van der Waals surface area (Å²) < 4.78 is 5.27. The zero-order valence-electron chi connectivity index (χ0n) is 8.20. The summed E-state index contributed by atoms with van der Waals surface area (Å²) in [5.74, 6) is 0.334. The molecular formula is C9H11ClN2O3. The van der Waals surface area contributed by atoms with Crippen molar-refractivity contribution >= 4 is 17.3 Å². The Balaban J connectivity index is 2.76. The number of likely N-dealkylation sites (N-methyl/N-ethyl adjacent to an activating group) is 1. The first kappa shape index (κ1) is 11.7. The van der Waals surface area contributed by atoms with Crippen molar-refractivity contribution in [3.8, 4) is 5.75 Å². The Bertz CT molecular complexity index is 357. The van der Waals surface area contributed by atoms with Crippen molar-refractivity contribution in [3.05, 3.63) is 33.3 Å². The highest BCUT2D eigenvalue weighted by Crippen LogP contribution is 2.28. The molecular weight excluding hydrogens is 220 g/mol. The topological polar surface area (TPSA) is 64.4 Å². The molecule has 0 aliphatic carbocycles. The van der Waals surface area contributed by atoms with Crippen molar-refractivity contribution in [3.63, 3.8) is 0 Å². The highest BCUT2D eigenvalue weighted by molar-refractivity contribution is 6.32. The Kier molecular flexibility index (Phi) is 4.33. The van der Waals surface area contributed by atoms with Gasteiger partial charge in [0, 0.05) is 12.6 Å². The molecule has 82 valence electrons. The van der Waals surface area contributed by atoms with Crippen LogP contribution in [0.1, 0.15) is 0 Å². The summed E-state index contributed by atoms with van der Waals surface area (Å²) in [6.45, 7) is 1.07. The summed E-state index contributed by atoms with van der Waals surface area (Å²) in [7, 11) is 1.79. The number of rotatable bonds is 5. The van der Waals surface area contributed by atoms with Crippen molar-refractivity contribution in [2.24, 2.45) is 0 Å². The fraction of sp³-hybridized carbons (Fsp3) is 0.333.